The van der Waals surface area contributed by atoms with Crippen LogP contribution in [-0.2, 0) is 6.42 Å². The Bertz CT molecular complexity index is 372. The monoisotopic (exact) mass is 190 g/mol. The standard InChI is InChI=1S/C11H14N2O/c1-13(2)11(14)9-3-4-10-8(7-9)5-6-12-10/h3-4,7,12H,5-6H2,1-2H3. The summed E-state index contributed by atoms with van der Waals surface area (Å²) in [5.74, 6) is 0.0692. The summed E-state index contributed by atoms with van der Waals surface area (Å²) in [5, 5.41) is 3.27. The molecule has 0 aromatic heterocycles. The van der Waals surface area contributed by atoms with Crippen molar-refractivity contribution in [2.75, 3.05) is 26.0 Å². The van der Waals surface area contributed by atoms with Crippen molar-refractivity contribution in [1.29, 1.82) is 0 Å². The number of anilines is 1. The van der Waals surface area contributed by atoms with E-state index in [1.165, 1.54) is 11.3 Å². The minimum absolute atomic E-state index is 0.0692. The summed E-state index contributed by atoms with van der Waals surface area (Å²) in [6.07, 6.45) is 1.02. The summed E-state index contributed by atoms with van der Waals surface area (Å²) in [6.45, 7) is 0.981. The fourth-order valence-electron chi connectivity index (χ4n) is 1.70. The minimum atomic E-state index is 0.0692. The number of fused-ring (bicyclic) bond motifs is 1. The van der Waals surface area contributed by atoms with Gasteiger partial charge in [-0.2, -0.15) is 0 Å². The van der Waals surface area contributed by atoms with E-state index >= 15 is 0 Å². The molecule has 1 aromatic rings. The average Bonchev–Trinajstić information content (AvgIpc) is 2.62. The number of amides is 1. The summed E-state index contributed by atoms with van der Waals surface area (Å²) >= 11 is 0. The van der Waals surface area contributed by atoms with Gasteiger partial charge in [0.15, 0.2) is 0 Å². The van der Waals surface area contributed by atoms with Crippen LogP contribution in [0, 0.1) is 0 Å². The predicted octanol–water partition coefficient (Wildman–Crippen LogP) is 1.36. The Morgan fingerprint density at radius 2 is 2.21 bits per heavy atom. The predicted molar refractivity (Wildman–Crippen MR) is 56.7 cm³/mol. The van der Waals surface area contributed by atoms with Crippen molar-refractivity contribution in [3.05, 3.63) is 29.3 Å². The second-order valence-corrected chi connectivity index (χ2v) is 3.75. The molecule has 0 bridgehead atoms. The van der Waals surface area contributed by atoms with Crippen LogP contribution in [0.2, 0.25) is 0 Å². The lowest BCUT2D eigenvalue weighted by atomic mass is 10.1. The summed E-state index contributed by atoms with van der Waals surface area (Å²) in [5.41, 5.74) is 3.19. The summed E-state index contributed by atoms with van der Waals surface area (Å²) in [6, 6.07) is 5.84. The van der Waals surface area contributed by atoms with Gasteiger partial charge in [-0.1, -0.05) is 0 Å². The minimum Gasteiger partial charge on any atom is -0.384 e. The van der Waals surface area contributed by atoms with E-state index < -0.39 is 0 Å². The number of hydrogen-bond donors (Lipinski definition) is 1. The highest BCUT2D eigenvalue weighted by Crippen LogP contribution is 2.23. The van der Waals surface area contributed by atoms with Crippen molar-refractivity contribution in [2.24, 2.45) is 0 Å². The third-order valence-electron chi connectivity index (χ3n) is 2.47. The Morgan fingerprint density at radius 3 is 2.93 bits per heavy atom. The van der Waals surface area contributed by atoms with Crippen LogP contribution in [0.3, 0.4) is 0 Å². The van der Waals surface area contributed by atoms with Crippen LogP contribution < -0.4 is 5.32 Å². The van der Waals surface area contributed by atoms with E-state index in [1.807, 2.05) is 18.2 Å². The van der Waals surface area contributed by atoms with E-state index in [4.69, 9.17) is 0 Å². The molecule has 0 unspecified atom stereocenters. The van der Waals surface area contributed by atoms with Crippen molar-refractivity contribution in [3.63, 3.8) is 0 Å². The Hall–Kier alpha value is -1.51. The lowest BCUT2D eigenvalue weighted by molar-refractivity contribution is 0.0827. The van der Waals surface area contributed by atoms with Crippen LogP contribution in [0.4, 0.5) is 5.69 Å². The maximum atomic E-state index is 11.6. The molecular weight excluding hydrogens is 176 g/mol. The normalized spacial score (nSPS) is 13.3. The zero-order valence-corrected chi connectivity index (χ0v) is 8.50. The van der Waals surface area contributed by atoms with Crippen LogP contribution in [-0.4, -0.2) is 31.4 Å². The molecule has 1 amide bonds. The van der Waals surface area contributed by atoms with Gasteiger partial charge in [0.25, 0.3) is 5.91 Å². The Kier molecular flexibility index (Phi) is 2.15. The molecule has 0 saturated heterocycles. The molecule has 0 atom stereocenters. The largest absolute Gasteiger partial charge is 0.384 e. The molecule has 0 fully saturated rings. The second kappa shape index (κ2) is 3.33. The lowest BCUT2D eigenvalue weighted by Crippen LogP contribution is -2.21. The smallest absolute Gasteiger partial charge is 0.253 e. The number of nitrogens with zero attached hydrogens (tertiary/aromatic N) is 1. The first-order valence-electron chi connectivity index (χ1n) is 4.77. The number of rotatable bonds is 1. The third kappa shape index (κ3) is 1.45. The van der Waals surface area contributed by atoms with Gasteiger partial charge in [0.05, 0.1) is 0 Å². The van der Waals surface area contributed by atoms with Crippen molar-refractivity contribution in [3.8, 4) is 0 Å². The topological polar surface area (TPSA) is 32.3 Å². The van der Waals surface area contributed by atoms with E-state index in [-0.39, 0.29) is 5.91 Å². The number of hydrogen-bond acceptors (Lipinski definition) is 2. The van der Waals surface area contributed by atoms with Crippen molar-refractivity contribution in [2.45, 2.75) is 6.42 Å². The summed E-state index contributed by atoms with van der Waals surface area (Å²) < 4.78 is 0. The number of carbonyl (C=O) groups is 1. The Morgan fingerprint density at radius 1 is 1.43 bits per heavy atom. The van der Waals surface area contributed by atoms with Crippen molar-refractivity contribution < 1.29 is 4.79 Å². The molecule has 1 aromatic carbocycles. The lowest BCUT2D eigenvalue weighted by Gasteiger charge is -2.10. The molecular formula is C11H14N2O. The fourth-order valence-corrected chi connectivity index (χ4v) is 1.70. The summed E-state index contributed by atoms with van der Waals surface area (Å²) in [7, 11) is 3.54. The zero-order valence-electron chi connectivity index (χ0n) is 8.50. The van der Waals surface area contributed by atoms with Crippen LogP contribution in [0.15, 0.2) is 18.2 Å². The molecule has 1 aliphatic rings. The van der Waals surface area contributed by atoms with Crippen LogP contribution in [0.25, 0.3) is 0 Å². The van der Waals surface area contributed by atoms with Gasteiger partial charge in [-0.15, -0.1) is 0 Å². The quantitative estimate of drug-likeness (QED) is 0.725. The highest BCUT2D eigenvalue weighted by atomic mass is 16.2. The van der Waals surface area contributed by atoms with Crippen molar-refractivity contribution >= 4 is 11.6 Å². The number of nitrogens with one attached hydrogen (secondary N) is 1. The molecule has 0 radical (unpaired) electrons. The average molecular weight is 190 g/mol. The first-order chi connectivity index (χ1) is 6.68. The molecule has 1 heterocycles. The van der Waals surface area contributed by atoms with Crippen LogP contribution >= 0.6 is 0 Å². The molecule has 0 saturated carbocycles. The van der Waals surface area contributed by atoms with E-state index in [0.717, 1.165) is 18.5 Å². The SMILES string of the molecule is CN(C)C(=O)c1ccc2c(c1)CCN2. The van der Waals surface area contributed by atoms with Gasteiger partial charge in [0.2, 0.25) is 0 Å². The Balaban J connectivity index is 2.33. The van der Waals surface area contributed by atoms with E-state index in [9.17, 15) is 4.79 Å². The van der Waals surface area contributed by atoms with Gasteiger partial charge in [-0.25, -0.2) is 0 Å². The van der Waals surface area contributed by atoms with Gasteiger partial charge in [0, 0.05) is 31.9 Å². The van der Waals surface area contributed by atoms with E-state index in [2.05, 4.69) is 5.32 Å². The molecule has 1 aliphatic heterocycles. The molecule has 74 valence electrons. The third-order valence-corrected chi connectivity index (χ3v) is 2.47. The first-order valence-corrected chi connectivity index (χ1v) is 4.77. The fraction of sp³-hybridized carbons (Fsp3) is 0.364. The summed E-state index contributed by atoms with van der Waals surface area (Å²) in [4.78, 5) is 13.3. The first kappa shape index (κ1) is 9.06. The maximum Gasteiger partial charge on any atom is 0.253 e. The van der Waals surface area contributed by atoms with E-state index in [0.29, 0.717) is 0 Å². The molecule has 3 nitrogen and oxygen atoms in total. The highest BCUT2D eigenvalue weighted by molar-refractivity contribution is 5.94. The number of carbonyl (C=O) groups excluding carboxylic acids is 1. The van der Waals surface area contributed by atoms with Gasteiger partial charge in [0.1, 0.15) is 0 Å². The van der Waals surface area contributed by atoms with Crippen molar-refractivity contribution in [1.82, 2.24) is 4.90 Å². The molecule has 14 heavy (non-hydrogen) atoms. The molecule has 2 rings (SSSR count). The highest BCUT2D eigenvalue weighted by Gasteiger charge is 2.13. The maximum absolute atomic E-state index is 11.6. The second-order valence-electron chi connectivity index (χ2n) is 3.75. The van der Waals surface area contributed by atoms with Gasteiger partial charge >= 0.3 is 0 Å². The molecule has 3 heteroatoms. The van der Waals surface area contributed by atoms with Gasteiger partial charge < -0.3 is 10.2 Å². The van der Waals surface area contributed by atoms with Gasteiger partial charge in [-0.3, -0.25) is 4.79 Å². The molecule has 1 N–H and O–H groups in total. The molecule has 0 spiro atoms. The number of benzene rings is 1. The van der Waals surface area contributed by atoms with Crippen LogP contribution in [0.5, 0.6) is 0 Å². The van der Waals surface area contributed by atoms with Crippen LogP contribution in [0.1, 0.15) is 15.9 Å². The van der Waals surface area contributed by atoms with Gasteiger partial charge in [-0.05, 0) is 30.2 Å². The molecule has 0 aliphatic carbocycles. The van der Waals surface area contributed by atoms with E-state index in [1.54, 1.807) is 19.0 Å². The zero-order chi connectivity index (χ0) is 10.1. The Labute approximate surface area is 83.7 Å².